The third-order valence-electron chi connectivity index (χ3n) is 3.22. The van der Waals surface area contributed by atoms with Gasteiger partial charge >= 0.3 is 0 Å². The molecule has 0 saturated heterocycles. The summed E-state index contributed by atoms with van der Waals surface area (Å²) in [7, 11) is 1.69. The van der Waals surface area contributed by atoms with Crippen molar-refractivity contribution in [3.05, 3.63) is 54.0 Å². The van der Waals surface area contributed by atoms with Crippen LogP contribution in [-0.2, 0) is 6.42 Å². The Balaban J connectivity index is 1.94. The lowest BCUT2D eigenvalue weighted by atomic mass is 10.1. The Morgan fingerprint density at radius 3 is 2.74 bits per heavy atom. The zero-order chi connectivity index (χ0) is 13.7. The molecule has 3 heteroatoms. The fourth-order valence-corrected chi connectivity index (χ4v) is 2.22. The quantitative estimate of drug-likeness (QED) is 0.861. The Kier molecular flexibility index (Phi) is 4.63. The van der Waals surface area contributed by atoms with Crippen LogP contribution in [0, 0.1) is 0 Å². The van der Waals surface area contributed by atoms with E-state index in [-0.39, 0.29) is 6.04 Å². The van der Waals surface area contributed by atoms with Crippen LogP contribution in [0.25, 0.3) is 0 Å². The Bertz CT molecular complexity index is 493. The number of hydrogen-bond acceptors (Lipinski definition) is 3. The molecule has 3 nitrogen and oxygen atoms in total. The lowest BCUT2D eigenvalue weighted by Gasteiger charge is -2.20. The normalized spacial score (nSPS) is 14.1. The molecule has 0 fully saturated rings. The highest BCUT2D eigenvalue weighted by atomic mass is 16.5. The highest BCUT2D eigenvalue weighted by Gasteiger charge is 2.11. The molecule has 0 spiro atoms. The first-order valence-electron chi connectivity index (χ1n) is 6.61. The molecule has 0 aliphatic carbocycles. The molecule has 2 aromatic rings. The fraction of sp³-hybridized carbons (Fsp3) is 0.375. The first-order valence-corrected chi connectivity index (χ1v) is 6.61. The summed E-state index contributed by atoms with van der Waals surface area (Å²) in [6, 6.07) is 12.7. The zero-order valence-electron chi connectivity index (χ0n) is 11.7. The van der Waals surface area contributed by atoms with Crippen molar-refractivity contribution in [2.75, 3.05) is 7.11 Å². The standard InChI is InChI=1S/C16H21NO2/c1-12(10-16-8-5-9-19-16)17-13(2)14-6-4-7-15(11-14)18-3/h4-9,11-13,17H,10H2,1-3H3. The van der Waals surface area contributed by atoms with E-state index in [9.17, 15) is 0 Å². The van der Waals surface area contributed by atoms with Gasteiger partial charge in [-0.05, 0) is 43.7 Å². The maximum absolute atomic E-state index is 5.37. The van der Waals surface area contributed by atoms with E-state index in [1.54, 1.807) is 13.4 Å². The minimum absolute atomic E-state index is 0.278. The van der Waals surface area contributed by atoms with E-state index >= 15 is 0 Å². The van der Waals surface area contributed by atoms with Gasteiger partial charge in [-0.15, -0.1) is 0 Å². The Hall–Kier alpha value is -1.74. The van der Waals surface area contributed by atoms with E-state index in [2.05, 4.69) is 31.3 Å². The largest absolute Gasteiger partial charge is 0.497 e. The van der Waals surface area contributed by atoms with Gasteiger partial charge < -0.3 is 14.5 Å². The van der Waals surface area contributed by atoms with Gasteiger partial charge in [0.05, 0.1) is 13.4 Å². The second kappa shape index (κ2) is 6.43. The summed E-state index contributed by atoms with van der Waals surface area (Å²) < 4.78 is 10.6. The highest BCUT2D eigenvalue weighted by Crippen LogP contribution is 2.19. The van der Waals surface area contributed by atoms with Gasteiger partial charge in [-0.3, -0.25) is 0 Å². The smallest absolute Gasteiger partial charge is 0.119 e. The molecule has 0 saturated carbocycles. The van der Waals surface area contributed by atoms with Gasteiger partial charge in [0.25, 0.3) is 0 Å². The topological polar surface area (TPSA) is 34.4 Å². The van der Waals surface area contributed by atoms with Crippen LogP contribution < -0.4 is 10.1 Å². The minimum atomic E-state index is 0.278. The molecule has 0 bridgehead atoms. The first kappa shape index (κ1) is 13.7. The lowest BCUT2D eigenvalue weighted by molar-refractivity contribution is 0.409. The zero-order valence-corrected chi connectivity index (χ0v) is 11.7. The van der Waals surface area contributed by atoms with Crippen LogP contribution in [0.2, 0.25) is 0 Å². The summed E-state index contributed by atoms with van der Waals surface area (Å²) in [5.41, 5.74) is 1.23. The predicted molar refractivity (Wildman–Crippen MR) is 76.4 cm³/mol. The Labute approximate surface area is 114 Å². The molecule has 2 rings (SSSR count). The van der Waals surface area contributed by atoms with Gasteiger partial charge in [0, 0.05) is 18.5 Å². The third-order valence-corrected chi connectivity index (χ3v) is 3.22. The molecule has 0 amide bonds. The minimum Gasteiger partial charge on any atom is -0.497 e. The molecular weight excluding hydrogens is 238 g/mol. The molecule has 102 valence electrons. The van der Waals surface area contributed by atoms with Crippen LogP contribution in [0.4, 0.5) is 0 Å². The third kappa shape index (κ3) is 3.86. The Morgan fingerprint density at radius 2 is 2.05 bits per heavy atom. The average molecular weight is 259 g/mol. The van der Waals surface area contributed by atoms with E-state index in [0.717, 1.165) is 17.9 Å². The first-order chi connectivity index (χ1) is 9.19. The summed E-state index contributed by atoms with van der Waals surface area (Å²) in [6.45, 7) is 4.33. The molecule has 19 heavy (non-hydrogen) atoms. The highest BCUT2D eigenvalue weighted by molar-refractivity contribution is 5.30. The number of methoxy groups -OCH3 is 1. The van der Waals surface area contributed by atoms with Crippen LogP contribution in [0.5, 0.6) is 5.75 Å². The van der Waals surface area contributed by atoms with Crippen molar-refractivity contribution in [1.82, 2.24) is 5.32 Å². The van der Waals surface area contributed by atoms with Crippen molar-refractivity contribution in [2.24, 2.45) is 0 Å². The second-order valence-corrected chi connectivity index (χ2v) is 4.85. The van der Waals surface area contributed by atoms with Crippen molar-refractivity contribution < 1.29 is 9.15 Å². The molecule has 0 aliphatic rings. The van der Waals surface area contributed by atoms with Crippen molar-refractivity contribution >= 4 is 0 Å². The van der Waals surface area contributed by atoms with Gasteiger partial charge in [-0.25, -0.2) is 0 Å². The number of furan rings is 1. The summed E-state index contributed by atoms with van der Waals surface area (Å²) >= 11 is 0. The molecule has 2 atom stereocenters. The van der Waals surface area contributed by atoms with Crippen molar-refractivity contribution in [1.29, 1.82) is 0 Å². The van der Waals surface area contributed by atoms with Crippen molar-refractivity contribution in [3.8, 4) is 5.75 Å². The van der Waals surface area contributed by atoms with Gasteiger partial charge in [0.15, 0.2) is 0 Å². The van der Waals surface area contributed by atoms with Crippen LogP contribution in [0.1, 0.15) is 31.2 Å². The van der Waals surface area contributed by atoms with E-state index in [0.29, 0.717) is 6.04 Å². The number of benzene rings is 1. The monoisotopic (exact) mass is 259 g/mol. The number of rotatable bonds is 6. The fourth-order valence-electron chi connectivity index (χ4n) is 2.22. The van der Waals surface area contributed by atoms with Gasteiger partial charge in [0.2, 0.25) is 0 Å². The SMILES string of the molecule is COc1cccc(C(C)NC(C)Cc2ccco2)c1. The lowest BCUT2D eigenvalue weighted by Crippen LogP contribution is -2.30. The van der Waals surface area contributed by atoms with E-state index in [1.807, 2.05) is 24.3 Å². The second-order valence-electron chi connectivity index (χ2n) is 4.85. The molecule has 0 radical (unpaired) electrons. The molecular formula is C16H21NO2. The molecule has 1 aromatic carbocycles. The predicted octanol–water partition coefficient (Wildman–Crippen LogP) is 3.57. The van der Waals surface area contributed by atoms with Gasteiger partial charge in [-0.1, -0.05) is 12.1 Å². The summed E-state index contributed by atoms with van der Waals surface area (Å²) in [5.74, 6) is 1.91. The van der Waals surface area contributed by atoms with Crippen LogP contribution >= 0.6 is 0 Å². The number of nitrogens with one attached hydrogen (secondary N) is 1. The van der Waals surface area contributed by atoms with Crippen LogP contribution in [0.3, 0.4) is 0 Å². The van der Waals surface area contributed by atoms with E-state index in [4.69, 9.17) is 9.15 Å². The molecule has 1 heterocycles. The van der Waals surface area contributed by atoms with Crippen molar-refractivity contribution in [2.45, 2.75) is 32.4 Å². The maximum Gasteiger partial charge on any atom is 0.119 e. The molecule has 1 N–H and O–H groups in total. The summed E-state index contributed by atoms with van der Waals surface area (Å²) in [4.78, 5) is 0. The summed E-state index contributed by atoms with van der Waals surface area (Å²) in [5, 5.41) is 3.57. The molecule has 0 aliphatic heterocycles. The number of ether oxygens (including phenoxy) is 1. The van der Waals surface area contributed by atoms with E-state index < -0.39 is 0 Å². The van der Waals surface area contributed by atoms with Gasteiger partial charge in [-0.2, -0.15) is 0 Å². The summed E-state index contributed by atoms with van der Waals surface area (Å²) in [6.07, 6.45) is 2.61. The molecule has 2 unspecified atom stereocenters. The maximum atomic E-state index is 5.37. The Morgan fingerprint density at radius 1 is 1.21 bits per heavy atom. The molecule has 1 aromatic heterocycles. The average Bonchev–Trinajstić information content (AvgIpc) is 2.91. The number of hydrogen-bond donors (Lipinski definition) is 1. The van der Waals surface area contributed by atoms with Crippen LogP contribution in [0.15, 0.2) is 47.1 Å². The van der Waals surface area contributed by atoms with Gasteiger partial charge in [0.1, 0.15) is 11.5 Å². The van der Waals surface area contributed by atoms with Crippen molar-refractivity contribution in [3.63, 3.8) is 0 Å². The van der Waals surface area contributed by atoms with E-state index in [1.165, 1.54) is 5.56 Å². The van der Waals surface area contributed by atoms with Crippen LogP contribution in [-0.4, -0.2) is 13.2 Å².